The minimum absolute atomic E-state index is 0.278. The van der Waals surface area contributed by atoms with Crippen molar-refractivity contribution < 1.29 is 8.78 Å². The highest BCUT2D eigenvalue weighted by Crippen LogP contribution is 2.34. The van der Waals surface area contributed by atoms with Crippen LogP contribution >= 0.6 is 23.2 Å². The molecular weight excluding hydrogens is 315 g/mol. The normalized spacial score (nSPS) is 12.4. The van der Waals surface area contributed by atoms with Crippen molar-refractivity contribution in [3.8, 4) is 0 Å². The molecule has 1 nitrogen and oxygen atoms in total. The summed E-state index contributed by atoms with van der Waals surface area (Å²) in [6.07, 6.45) is 0.843. The monoisotopic (exact) mass is 329 g/mol. The number of rotatable bonds is 5. The van der Waals surface area contributed by atoms with E-state index in [0.717, 1.165) is 6.42 Å². The molecule has 1 N–H and O–H groups in total. The molecule has 0 fully saturated rings. The Morgan fingerprint density at radius 1 is 1.10 bits per heavy atom. The van der Waals surface area contributed by atoms with Crippen molar-refractivity contribution in [3.05, 3.63) is 69.2 Å². The van der Waals surface area contributed by atoms with Gasteiger partial charge in [0.2, 0.25) is 0 Å². The highest BCUT2D eigenvalue weighted by atomic mass is 35.5. The van der Waals surface area contributed by atoms with Crippen LogP contribution in [0.2, 0.25) is 10.0 Å². The Bertz CT molecular complexity index is 611. The molecule has 1 atom stereocenters. The molecule has 21 heavy (non-hydrogen) atoms. The third-order valence-electron chi connectivity index (χ3n) is 3.16. The first kappa shape index (κ1) is 16.2. The second-order valence-electron chi connectivity index (χ2n) is 4.69. The van der Waals surface area contributed by atoms with Crippen LogP contribution in [0.25, 0.3) is 0 Å². The van der Waals surface area contributed by atoms with Gasteiger partial charge in [0.15, 0.2) is 0 Å². The average Bonchev–Trinajstić information content (AvgIpc) is 2.45. The average molecular weight is 330 g/mol. The number of hydrogen-bond acceptors (Lipinski definition) is 1. The van der Waals surface area contributed by atoms with Gasteiger partial charge in [0, 0.05) is 15.6 Å². The standard InChI is InChI=1S/C16H15Cl2F2N/c1-2-8-21-16(11-9-10(19)6-7-12(11)17)15-13(18)4-3-5-14(15)20/h3-7,9,16,21H,2,8H2,1H3. The van der Waals surface area contributed by atoms with Gasteiger partial charge in [-0.3, -0.25) is 0 Å². The van der Waals surface area contributed by atoms with E-state index in [-0.39, 0.29) is 10.6 Å². The summed E-state index contributed by atoms with van der Waals surface area (Å²) >= 11 is 12.3. The molecule has 0 spiro atoms. The highest BCUT2D eigenvalue weighted by Gasteiger charge is 2.22. The lowest BCUT2D eigenvalue weighted by Gasteiger charge is -2.22. The van der Waals surface area contributed by atoms with Crippen LogP contribution in [0.15, 0.2) is 36.4 Å². The van der Waals surface area contributed by atoms with Gasteiger partial charge in [-0.05, 0) is 48.9 Å². The summed E-state index contributed by atoms with van der Waals surface area (Å²) in [6, 6.07) is 7.90. The smallest absolute Gasteiger partial charge is 0.129 e. The second kappa shape index (κ2) is 7.21. The van der Waals surface area contributed by atoms with E-state index in [0.29, 0.717) is 17.1 Å². The van der Waals surface area contributed by atoms with Crippen molar-refractivity contribution in [2.45, 2.75) is 19.4 Å². The molecule has 0 saturated heterocycles. The zero-order chi connectivity index (χ0) is 15.4. The van der Waals surface area contributed by atoms with Gasteiger partial charge in [-0.15, -0.1) is 0 Å². The lowest BCUT2D eigenvalue weighted by atomic mass is 9.97. The van der Waals surface area contributed by atoms with Gasteiger partial charge in [0.25, 0.3) is 0 Å². The van der Waals surface area contributed by atoms with Gasteiger partial charge in [-0.2, -0.15) is 0 Å². The molecule has 0 aliphatic rings. The summed E-state index contributed by atoms with van der Waals surface area (Å²) in [5.74, 6) is -0.874. The van der Waals surface area contributed by atoms with Crippen molar-refractivity contribution in [1.29, 1.82) is 0 Å². The largest absolute Gasteiger partial charge is 0.306 e. The van der Waals surface area contributed by atoms with Gasteiger partial charge < -0.3 is 5.32 Å². The predicted molar refractivity (Wildman–Crippen MR) is 83.0 cm³/mol. The SMILES string of the molecule is CCCNC(c1cc(F)ccc1Cl)c1c(F)cccc1Cl. The van der Waals surface area contributed by atoms with Crippen LogP contribution < -0.4 is 5.32 Å². The number of halogens is 4. The van der Waals surface area contributed by atoms with Crippen molar-refractivity contribution >= 4 is 23.2 Å². The molecular formula is C16H15Cl2F2N. The van der Waals surface area contributed by atoms with Crippen LogP contribution in [0.1, 0.15) is 30.5 Å². The van der Waals surface area contributed by atoms with Crippen molar-refractivity contribution in [2.75, 3.05) is 6.54 Å². The van der Waals surface area contributed by atoms with Crippen LogP contribution in [0.4, 0.5) is 8.78 Å². The number of hydrogen-bond donors (Lipinski definition) is 1. The molecule has 0 amide bonds. The molecule has 2 aromatic rings. The molecule has 0 saturated carbocycles. The number of benzene rings is 2. The highest BCUT2D eigenvalue weighted by molar-refractivity contribution is 6.32. The lowest BCUT2D eigenvalue weighted by molar-refractivity contribution is 0.543. The molecule has 0 heterocycles. The minimum atomic E-state index is -0.596. The molecule has 0 radical (unpaired) electrons. The maximum absolute atomic E-state index is 14.2. The molecule has 2 aromatic carbocycles. The molecule has 0 aliphatic carbocycles. The van der Waals surface area contributed by atoms with Crippen LogP contribution in [-0.2, 0) is 0 Å². The molecule has 1 unspecified atom stereocenters. The lowest BCUT2D eigenvalue weighted by Crippen LogP contribution is -2.25. The summed E-state index contributed by atoms with van der Waals surface area (Å²) in [5, 5.41) is 3.82. The number of nitrogens with one attached hydrogen (secondary N) is 1. The second-order valence-corrected chi connectivity index (χ2v) is 5.50. The van der Waals surface area contributed by atoms with E-state index >= 15 is 0 Å². The van der Waals surface area contributed by atoms with Gasteiger partial charge in [0.1, 0.15) is 11.6 Å². The summed E-state index contributed by atoms with van der Waals surface area (Å²) < 4.78 is 27.7. The zero-order valence-electron chi connectivity index (χ0n) is 11.5. The van der Waals surface area contributed by atoms with Gasteiger partial charge in [0.05, 0.1) is 6.04 Å². The Morgan fingerprint density at radius 3 is 2.52 bits per heavy atom. The van der Waals surface area contributed by atoms with Crippen molar-refractivity contribution in [3.63, 3.8) is 0 Å². The first-order chi connectivity index (χ1) is 10.0. The van der Waals surface area contributed by atoms with E-state index in [9.17, 15) is 8.78 Å². The van der Waals surface area contributed by atoms with Crippen molar-refractivity contribution in [2.24, 2.45) is 0 Å². The Morgan fingerprint density at radius 2 is 1.86 bits per heavy atom. The van der Waals surface area contributed by atoms with E-state index in [1.165, 1.54) is 30.3 Å². The van der Waals surface area contributed by atoms with Crippen LogP contribution in [-0.4, -0.2) is 6.54 Å². The molecule has 0 aliphatic heterocycles. The van der Waals surface area contributed by atoms with E-state index in [4.69, 9.17) is 23.2 Å². The van der Waals surface area contributed by atoms with E-state index in [1.54, 1.807) is 6.07 Å². The first-order valence-corrected chi connectivity index (χ1v) is 7.42. The zero-order valence-corrected chi connectivity index (χ0v) is 13.0. The van der Waals surface area contributed by atoms with Gasteiger partial charge in [-0.1, -0.05) is 36.2 Å². The first-order valence-electron chi connectivity index (χ1n) is 6.66. The maximum atomic E-state index is 14.2. The molecule has 0 bridgehead atoms. The Hall–Kier alpha value is -1.16. The Kier molecular flexibility index (Phi) is 5.57. The third kappa shape index (κ3) is 3.73. The third-order valence-corrected chi connectivity index (χ3v) is 3.83. The van der Waals surface area contributed by atoms with E-state index in [2.05, 4.69) is 5.32 Å². The minimum Gasteiger partial charge on any atom is -0.306 e. The quantitative estimate of drug-likeness (QED) is 0.778. The molecule has 2 rings (SSSR count). The molecule has 5 heteroatoms. The maximum Gasteiger partial charge on any atom is 0.129 e. The topological polar surface area (TPSA) is 12.0 Å². The van der Waals surface area contributed by atoms with Crippen molar-refractivity contribution in [1.82, 2.24) is 5.32 Å². The molecule has 112 valence electrons. The Balaban J connectivity index is 2.55. The Labute approximate surface area is 132 Å². The van der Waals surface area contributed by atoms with Gasteiger partial charge >= 0.3 is 0 Å². The van der Waals surface area contributed by atoms with Gasteiger partial charge in [-0.25, -0.2) is 8.78 Å². The van der Waals surface area contributed by atoms with Crippen LogP contribution in [0.5, 0.6) is 0 Å². The summed E-state index contributed by atoms with van der Waals surface area (Å²) in [5.41, 5.74) is 0.747. The summed E-state index contributed by atoms with van der Waals surface area (Å²) in [6.45, 7) is 2.61. The fraction of sp³-hybridized carbons (Fsp3) is 0.250. The van der Waals surface area contributed by atoms with E-state index in [1.807, 2.05) is 6.92 Å². The predicted octanol–water partition coefficient (Wildman–Crippen LogP) is 5.36. The van der Waals surface area contributed by atoms with Crippen LogP contribution in [0, 0.1) is 11.6 Å². The fourth-order valence-corrected chi connectivity index (χ4v) is 2.68. The summed E-state index contributed by atoms with van der Waals surface area (Å²) in [4.78, 5) is 0. The van der Waals surface area contributed by atoms with E-state index < -0.39 is 17.7 Å². The fourth-order valence-electron chi connectivity index (χ4n) is 2.18. The van der Waals surface area contributed by atoms with Crippen LogP contribution in [0.3, 0.4) is 0 Å². The molecule has 0 aromatic heterocycles. The summed E-state index contributed by atoms with van der Waals surface area (Å²) in [7, 11) is 0.